The molecule has 1 aliphatic heterocycles. The first-order chi connectivity index (χ1) is 10.2. The quantitative estimate of drug-likeness (QED) is 0.903. The van der Waals surface area contributed by atoms with Gasteiger partial charge >= 0.3 is 0 Å². The number of rotatable bonds is 4. The number of carbonyl (C=O) groups excluding carboxylic acids is 1. The molecule has 21 heavy (non-hydrogen) atoms. The molecule has 2 aromatic rings. The molecule has 0 spiro atoms. The van der Waals surface area contributed by atoms with E-state index in [0.717, 1.165) is 25.1 Å². The minimum Gasteiger partial charge on any atom is -0.438 e. The molecule has 1 amide bonds. The Hall–Kier alpha value is -2.40. The number of carbonyl (C=O) groups is 1. The molecular formula is C16H17N3O2. The van der Waals surface area contributed by atoms with Crippen molar-refractivity contribution in [3.63, 3.8) is 0 Å². The molecule has 1 saturated heterocycles. The summed E-state index contributed by atoms with van der Waals surface area (Å²) in [4.78, 5) is 15.9. The Bertz CT molecular complexity index is 651. The maximum absolute atomic E-state index is 11.4. The third-order valence-electron chi connectivity index (χ3n) is 3.53. The van der Waals surface area contributed by atoms with Crippen LogP contribution in [0.2, 0.25) is 0 Å². The summed E-state index contributed by atoms with van der Waals surface area (Å²) in [5.41, 5.74) is 6.66. The predicted octanol–water partition coefficient (Wildman–Crippen LogP) is 2.40. The molecule has 5 heteroatoms. The summed E-state index contributed by atoms with van der Waals surface area (Å²) in [5.74, 6) is 0.378. The highest BCUT2D eigenvalue weighted by Crippen LogP contribution is 2.26. The van der Waals surface area contributed by atoms with Crippen molar-refractivity contribution < 1.29 is 9.53 Å². The summed E-state index contributed by atoms with van der Waals surface area (Å²) in [5, 5.41) is 3.40. The molecule has 1 aliphatic rings. The molecule has 3 rings (SSSR count). The zero-order valence-electron chi connectivity index (χ0n) is 11.6. The summed E-state index contributed by atoms with van der Waals surface area (Å²) in [6.07, 6.45) is 2.23. The number of benzene rings is 1. The molecule has 0 bridgehead atoms. The summed E-state index contributed by atoms with van der Waals surface area (Å²) >= 11 is 0. The van der Waals surface area contributed by atoms with Crippen LogP contribution in [0.5, 0.6) is 11.6 Å². The number of aromatic nitrogens is 1. The average molecular weight is 283 g/mol. The van der Waals surface area contributed by atoms with E-state index in [9.17, 15) is 4.79 Å². The van der Waals surface area contributed by atoms with Crippen molar-refractivity contribution >= 4 is 5.91 Å². The Labute approximate surface area is 123 Å². The van der Waals surface area contributed by atoms with Crippen molar-refractivity contribution in [2.45, 2.75) is 18.9 Å². The van der Waals surface area contributed by atoms with Crippen molar-refractivity contribution in [3.8, 4) is 11.6 Å². The summed E-state index contributed by atoms with van der Waals surface area (Å²) < 4.78 is 5.73. The number of nitrogens with two attached hydrogens (primary N) is 1. The lowest BCUT2D eigenvalue weighted by molar-refractivity contribution is 0.0998. The third kappa shape index (κ3) is 3.03. The Kier molecular flexibility index (Phi) is 3.83. The Balaban J connectivity index is 1.85. The van der Waals surface area contributed by atoms with Gasteiger partial charge in [0.15, 0.2) is 0 Å². The van der Waals surface area contributed by atoms with Gasteiger partial charge < -0.3 is 15.8 Å². The molecule has 5 nitrogen and oxygen atoms in total. The highest BCUT2D eigenvalue weighted by molar-refractivity contribution is 5.95. The van der Waals surface area contributed by atoms with Gasteiger partial charge in [-0.3, -0.25) is 4.79 Å². The second-order valence-corrected chi connectivity index (χ2v) is 5.01. The van der Waals surface area contributed by atoms with Gasteiger partial charge in [0.25, 0.3) is 5.91 Å². The molecule has 1 aromatic heterocycles. The fourth-order valence-corrected chi connectivity index (χ4v) is 2.49. The van der Waals surface area contributed by atoms with Crippen molar-refractivity contribution in [3.05, 3.63) is 53.7 Å². The van der Waals surface area contributed by atoms with Crippen molar-refractivity contribution in [1.29, 1.82) is 0 Å². The lowest BCUT2D eigenvalue weighted by atomic mass is 10.1. The van der Waals surface area contributed by atoms with E-state index in [1.165, 1.54) is 0 Å². The molecular weight excluding hydrogens is 266 g/mol. The van der Waals surface area contributed by atoms with Crippen molar-refractivity contribution in [2.75, 3.05) is 6.54 Å². The smallest absolute Gasteiger partial charge is 0.252 e. The minimum atomic E-state index is -0.515. The van der Waals surface area contributed by atoms with E-state index in [1.54, 1.807) is 30.3 Å². The molecule has 2 heterocycles. The van der Waals surface area contributed by atoms with Crippen LogP contribution in [-0.4, -0.2) is 17.4 Å². The van der Waals surface area contributed by atoms with Crippen LogP contribution in [0.15, 0.2) is 42.5 Å². The van der Waals surface area contributed by atoms with Crippen LogP contribution in [0.1, 0.15) is 34.9 Å². The standard InChI is InChI=1S/C16H17N3O2/c17-16(20)11-5-1-2-8-14(11)21-15-9-3-6-13(19-15)12-7-4-10-18-12/h1-3,5-6,8-9,12,18H,4,7,10H2,(H2,17,20). The number of para-hydroxylation sites is 1. The SMILES string of the molecule is NC(=O)c1ccccc1Oc1cccc(C2CCCN2)n1. The van der Waals surface area contributed by atoms with Gasteiger partial charge in [-0.25, -0.2) is 4.98 Å². The van der Waals surface area contributed by atoms with Crippen LogP contribution in [0.25, 0.3) is 0 Å². The second-order valence-electron chi connectivity index (χ2n) is 5.01. The first-order valence-electron chi connectivity index (χ1n) is 7.01. The van der Waals surface area contributed by atoms with Gasteiger partial charge in [0.2, 0.25) is 5.88 Å². The van der Waals surface area contributed by atoms with Crippen molar-refractivity contribution in [1.82, 2.24) is 10.3 Å². The molecule has 0 saturated carbocycles. The lowest BCUT2D eigenvalue weighted by Gasteiger charge is -2.12. The van der Waals surface area contributed by atoms with Crippen LogP contribution >= 0.6 is 0 Å². The van der Waals surface area contributed by atoms with Crippen molar-refractivity contribution in [2.24, 2.45) is 5.73 Å². The average Bonchev–Trinajstić information content (AvgIpc) is 3.02. The Morgan fingerprint density at radius 1 is 1.24 bits per heavy atom. The first-order valence-corrected chi connectivity index (χ1v) is 7.01. The summed E-state index contributed by atoms with van der Waals surface area (Å²) in [6, 6.07) is 12.8. The first kappa shape index (κ1) is 13.6. The number of hydrogen-bond acceptors (Lipinski definition) is 4. The minimum absolute atomic E-state index is 0.278. The van der Waals surface area contributed by atoms with E-state index in [1.807, 2.05) is 12.1 Å². The largest absolute Gasteiger partial charge is 0.438 e. The Morgan fingerprint density at radius 2 is 2.10 bits per heavy atom. The van der Waals surface area contributed by atoms with Crippen LogP contribution in [0, 0.1) is 0 Å². The van der Waals surface area contributed by atoms with E-state index in [-0.39, 0.29) is 6.04 Å². The maximum atomic E-state index is 11.4. The molecule has 0 aliphatic carbocycles. The second kappa shape index (κ2) is 5.93. The molecule has 1 atom stereocenters. The number of primary amides is 1. The molecule has 1 fully saturated rings. The van der Waals surface area contributed by atoms with Crippen LogP contribution in [0.4, 0.5) is 0 Å². The monoisotopic (exact) mass is 283 g/mol. The molecule has 1 unspecified atom stereocenters. The number of hydrogen-bond donors (Lipinski definition) is 2. The Morgan fingerprint density at radius 3 is 2.86 bits per heavy atom. The van der Waals surface area contributed by atoms with Gasteiger partial charge in [-0.2, -0.15) is 0 Å². The number of nitrogens with one attached hydrogen (secondary N) is 1. The number of amides is 1. The van der Waals surface area contributed by atoms with E-state index in [0.29, 0.717) is 17.2 Å². The van der Waals surface area contributed by atoms with E-state index in [4.69, 9.17) is 10.5 Å². The van der Waals surface area contributed by atoms with E-state index >= 15 is 0 Å². The fourth-order valence-electron chi connectivity index (χ4n) is 2.49. The fraction of sp³-hybridized carbons (Fsp3) is 0.250. The van der Waals surface area contributed by atoms with E-state index in [2.05, 4.69) is 10.3 Å². The predicted molar refractivity (Wildman–Crippen MR) is 79.2 cm³/mol. The van der Waals surface area contributed by atoms with Gasteiger partial charge in [0, 0.05) is 12.1 Å². The lowest BCUT2D eigenvalue weighted by Crippen LogP contribution is -2.14. The summed E-state index contributed by atoms with van der Waals surface area (Å²) in [7, 11) is 0. The number of ether oxygens (including phenoxy) is 1. The van der Waals surface area contributed by atoms with Gasteiger partial charge in [0.05, 0.1) is 11.3 Å². The van der Waals surface area contributed by atoms with Gasteiger partial charge in [-0.15, -0.1) is 0 Å². The van der Waals surface area contributed by atoms with Gasteiger partial charge in [-0.1, -0.05) is 18.2 Å². The molecule has 1 aromatic carbocycles. The third-order valence-corrected chi connectivity index (χ3v) is 3.53. The van der Waals surface area contributed by atoms with E-state index < -0.39 is 5.91 Å². The van der Waals surface area contributed by atoms with Crippen LogP contribution < -0.4 is 15.8 Å². The normalized spacial score (nSPS) is 17.6. The molecule has 3 N–H and O–H groups in total. The zero-order valence-corrected chi connectivity index (χ0v) is 11.6. The highest BCUT2D eigenvalue weighted by atomic mass is 16.5. The van der Waals surface area contributed by atoms with Gasteiger partial charge in [-0.05, 0) is 37.6 Å². The molecule has 108 valence electrons. The van der Waals surface area contributed by atoms with Crippen LogP contribution in [-0.2, 0) is 0 Å². The topological polar surface area (TPSA) is 77.2 Å². The van der Waals surface area contributed by atoms with Crippen LogP contribution in [0.3, 0.4) is 0 Å². The maximum Gasteiger partial charge on any atom is 0.252 e. The molecule has 0 radical (unpaired) electrons. The summed E-state index contributed by atoms with van der Waals surface area (Å²) in [6.45, 7) is 1.02. The zero-order chi connectivity index (χ0) is 14.7. The number of pyridine rings is 1. The van der Waals surface area contributed by atoms with Gasteiger partial charge in [0.1, 0.15) is 5.75 Å². The number of nitrogens with zero attached hydrogens (tertiary/aromatic N) is 1. The highest BCUT2D eigenvalue weighted by Gasteiger charge is 2.18.